The molecule has 3 nitrogen and oxygen atoms in total. The van der Waals surface area contributed by atoms with Crippen molar-refractivity contribution in [1.82, 2.24) is 9.80 Å². The van der Waals surface area contributed by atoms with Crippen molar-refractivity contribution in [3.63, 3.8) is 0 Å². The number of piperidine rings is 1. The smallest absolute Gasteiger partial charge is 0.123 e. The first kappa shape index (κ1) is 15.4. The van der Waals surface area contributed by atoms with E-state index in [9.17, 15) is 4.39 Å². The fourth-order valence-corrected chi connectivity index (χ4v) is 2.97. The van der Waals surface area contributed by atoms with Crippen LogP contribution >= 0.6 is 0 Å². The Balaban J connectivity index is 2.02. The third-order valence-electron chi connectivity index (χ3n) is 4.51. The van der Waals surface area contributed by atoms with Crippen molar-refractivity contribution in [2.24, 2.45) is 5.73 Å². The van der Waals surface area contributed by atoms with Crippen LogP contribution in [0.1, 0.15) is 31.4 Å². The molecule has 0 aromatic heterocycles. The van der Waals surface area contributed by atoms with Crippen molar-refractivity contribution in [2.45, 2.75) is 37.9 Å². The van der Waals surface area contributed by atoms with Crippen molar-refractivity contribution >= 4 is 0 Å². The predicted molar refractivity (Wildman–Crippen MR) is 81.1 cm³/mol. The highest BCUT2D eigenvalue weighted by Gasteiger charge is 2.28. The minimum absolute atomic E-state index is 0.0727. The maximum absolute atomic E-state index is 13.0. The minimum Gasteiger partial charge on any atom is -0.323 e. The summed E-state index contributed by atoms with van der Waals surface area (Å²) in [5.74, 6) is -0.209. The van der Waals surface area contributed by atoms with E-state index in [0.717, 1.165) is 18.7 Å². The molecule has 0 saturated carbocycles. The molecule has 1 heterocycles. The zero-order chi connectivity index (χ0) is 14.7. The van der Waals surface area contributed by atoms with E-state index in [1.165, 1.54) is 25.0 Å². The molecular formula is C16H26FN3. The van der Waals surface area contributed by atoms with Crippen LogP contribution < -0.4 is 5.73 Å². The van der Waals surface area contributed by atoms with Gasteiger partial charge >= 0.3 is 0 Å². The molecule has 1 aliphatic heterocycles. The summed E-state index contributed by atoms with van der Waals surface area (Å²) in [6.07, 6.45) is 2.46. The molecule has 112 valence electrons. The van der Waals surface area contributed by atoms with E-state index >= 15 is 0 Å². The molecule has 0 amide bonds. The lowest BCUT2D eigenvalue weighted by Gasteiger charge is -2.41. The first-order valence-corrected chi connectivity index (χ1v) is 7.40. The van der Waals surface area contributed by atoms with Gasteiger partial charge in [0.1, 0.15) is 5.82 Å². The summed E-state index contributed by atoms with van der Waals surface area (Å²) in [7, 11) is 4.28. The third kappa shape index (κ3) is 3.57. The number of hydrogen-bond acceptors (Lipinski definition) is 3. The molecule has 0 spiro atoms. The van der Waals surface area contributed by atoms with Crippen molar-refractivity contribution in [1.29, 1.82) is 0 Å². The van der Waals surface area contributed by atoms with Gasteiger partial charge in [0.05, 0.1) is 0 Å². The van der Waals surface area contributed by atoms with Crippen molar-refractivity contribution in [2.75, 3.05) is 27.2 Å². The van der Waals surface area contributed by atoms with Crippen molar-refractivity contribution in [3.05, 3.63) is 35.6 Å². The molecule has 2 rings (SSSR count). The molecule has 4 heteroatoms. The summed E-state index contributed by atoms with van der Waals surface area (Å²) in [5.41, 5.74) is 7.37. The highest BCUT2D eigenvalue weighted by molar-refractivity contribution is 5.21. The lowest BCUT2D eigenvalue weighted by Crippen LogP contribution is -2.51. The maximum Gasteiger partial charge on any atom is 0.123 e. The van der Waals surface area contributed by atoms with E-state index in [2.05, 4.69) is 30.8 Å². The monoisotopic (exact) mass is 279 g/mol. The molecule has 1 aromatic carbocycles. The first-order chi connectivity index (χ1) is 9.49. The Kier molecular flexibility index (Phi) is 5.13. The normalized spacial score (nSPS) is 23.8. The van der Waals surface area contributed by atoms with Gasteiger partial charge in [0.15, 0.2) is 0 Å². The average Bonchev–Trinajstić information content (AvgIpc) is 2.46. The zero-order valence-electron chi connectivity index (χ0n) is 12.7. The number of hydrogen-bond donors (Lipinski definition) is 1. The Morgan fingerprint density at radius 2 is 1.95 bits per heavy atom. The van der Waals surface area contributed by atoms with Crippen LogP contribution in [0.5, 0.6) is 0 Å². The number of likely N-dealkylation sites (tertiary alicyclic amines) is 1. The van der Waals surface area contributed by atoms with E-state index in [-0.39, 0.29) is 17.9 Å². The maximum atomic E-state index is 13.0. The van der Waals surface area contributed by atoms with Gasteiger partial charge < -0.3 is 10.6 Å². The molecule has 0 aliphatic carbocycles. The predicted octanol–water partition coefficient (Wildman–Crippen LogP) is 2.24. The molecule has 1 fully saturated rings. The van der Waals surface area contributed by atoms with E-state index in [0.29, 0.717) is 6.04 Å². The van der Waals surface area contributed by atoms with Crippen LogP contribution in [0.3, 0.4) is 0 Å². The average molecular weight is 279 g/mol. The Bertz CT molecular complexity index is 418. The first-order valence-electron chi connectivity index (χ1n) is 7.40. The second-order valence-electron chi connectivity index (χ2n) is 6.07. The van der Waals surface area contributed by atoms with Crippen molar-refractivity contribution in [3.8, 4) is 0 Å². The summed E-state index contributed by atoms with van der Waals surface area (Å²) >= 11 is 0. The number of likely N-dealkylation sites (N-methyl/N-ethyl adjacent to an activating group) is 1. The molecule has 3 unspecified atom stereocenters. The Morgan fingerprint density at radius 1 is 1.30 bits per heavy atom. The van der Waals surface area contributed by atoms with Crippen LogP contribution in [0, 0.1) is 5.82 Å². The topological polar surface area (TPSA) is 32.5 Å². The summed E-state index contributed by atoms with van der Waals surface area (Å²) in [6.45, 7) is 4.33. The minimum atomic E-state index is -0.209. The van der Waals surface area contributed by atoms with Crippen LogP contribution in [0.15, 0.2) is 24.3 Å². The largest absolute Gasteiger partial charge is 0.323 e. The highest BCUT2D eigenvalue weighted by Crippen LogP contribution is 2.23. The third-order valence-corrected chi connectivity index (χ3v) is 4.51. The highest BCUT2D eigenvalue weighted by atomic mass is 19.1. The summed E-state index contributed by atoms with van der Waals surface area (Å²) in [4.78, 5) is 4.75. The zero-order valence-corrected chi connectivity index (χ0v) is 12.7. The lowest BCUT2D eigenvalue weighted by atomic mass is 9.96. The fraction of sp³-hybridized carbons (Fsp3) is 0.625. The van der Waals surface area contributed by atoms with Gasteiger partial charge in [-0.15, -0.1) is 0 Å². The van der Waals surface area contributed by atoms with Crippen LogP contribution in [0.2, 0.25) is 0 Å². The van der Waals surface area contributed by atoms with Gasteiger partial charge in [-0.1, -0.05) is 12.1 Å². The van der Waals surface area contributed by atoms with Gasteiger partial charge in [-0.3, -0.25) is 4.90 Å². The SMILES string of the molecule is CC(C(N)c1ccc(F)cc1)N1CCCC(N(C)C)C1. The Hall–Kier alpha value is -0.970. The van der Waals surface area contributed by atoms with Gasteiger partial charge in [-0.05, 0) is 58.1 Å². The van der Waals surface area contributed by atoms with Gasteiger partial charge in [-0.2, -0.15) is 0 Å². The molecular weight excluding hydrogens is 253 g/mol. The molecule has 1 aromatic rings. The van der Waals surface area contributed by atoms with Crippen LogP contribution in [0.4, 0.5) is 4.39 Å². The lowest BCUT2D eigenvalue weighted by molar-refractivity contribution is 0.0916. The number of benzene rings is 1. The molecule has 0 bridgehead atoms. The second kappa shape index (κ2) is 6.66. The Morgan fingerprint density at radius 3 is 2.55 bits per heavy atom. The van der Waals surface area contributed by atoms with Gasteiger partial charge in [0.2, 0.25) is 0 Å². The van der Waals surface area contributed by atoms with Gasteiger partial charge in [0, 0.05) is 24.7 Å². The molecule has 20 heavy (non-hydrogen) atoms. The standard InChI is InChI=1S/C16H26FN3/c1-12(16(18)13-6-8-14(17)9-7-13)20-10-4-5-15(11-20)19(2)3/h6-9,12,15-16H,4-5,10-11,18H2,1-3H3. The molecule has 1 saturated heterocycles. The molecule has 2 N–H and O–H groups in total. The van der Waals surface area contributed by atoms with Crippen LogP contribution in [-0.2, 0) is 0 Å². The molecule has 1 aliphatic rings. The summed E-state index contributed by atoms with van der Waals surface area (Å²) in [5, 5.41) is 0. The van der Waals surface area contributed by atoms with Crippen molar-refractivity contribution < 1.29 is 4.39 Å². The Labute approximate surface area is 121 Å². The molecule has 0 radical (unpaired) electrons. The fourth-order valence-electron chi connectivity index (χ4n) is 2.97. The number of halogens is 1. The second-order valence-corrected chi connectivity index (χ2v) is 6.07. The van der Waals surface area contributed by atoms with Gasteiger partial charge in [-0.25, -0.2) is 4.39 Å². The van der Waals surface area contributed by atoms with E-state index in [4.69, 9.17) is 5.73 Å². The van der Waals surface area contributed by atoms with Gasteiger partial charge in [0.25, 0.3) is 0 Å². The van der Waals surface area contributed by atoms with E-state index in [1.54, 1.807) is 12.1 Å². The summed E-state index contributed by atoms with van der Waals surface area (Å²) < 4.78 is 13.0. The van der Waals surface area contributed by atoms with E-state index in [1.807, 2.05) is 0 Å². The molecule has 3 atom stereocenters. The van der Waals surface area contributed by atoms with E-state index < -0.39 is 0 Å². The number of rotatable bonds is 4. The quantitative estimate of drug-likeness (QED) is 0.917. The summed E-state index contributed by atoms with van der Waals surface area (Å²) in [6, 6.07) is 7.36. The number of nitrogens with two attached hydrogens (primary N) is 1. The van der Waals surface area contributed by atoms with Crippen LogP contribution in [-0.4, -0.2) is 49.1 Å². The van der Waals surface area contributed by atoms with Crippen LogP contribution in [0.25, 0.3) is 0 Å². The number of nitrogens with zero attached hydrogens (tertiary/aromatic N) is 2.